The Morgan fingerprint density at radius 2 is 1.82 bits per heavy atom. The molecule has 0 aromatic carbocycles. The van der Waals surface area contributed by atoms with Crippen LogP contribution in [0.5, 0.6) is 0 Å². The molecule has 0 radical (unpaired) electrons. The number of carbonyl (C=O) groups excluding carboxylic acids is 4. The maximum atomic E-state index is 13.7. The standard InChI is InChI=1S/C44H66N2O9S/c1-7-9-27(20-37(52)55-18-17-54-16-8-2)19-34(49)40-26(4)24-56-42-39(41(53)46(40)42)45-36(51)13-10-25(3)30-11-12-31-38-32(23-35(50)44(30,31)6)43(5)15-14-29(47)21-28(43)22-33(38)48/h1,25,27-33,35,38-39,42,47-48,50H,8-24H2,2-6H3,(H,45,51)/t25-,27?,28+,29-,30-,31+,32+,33-,35+,38+,39?,42?,43+,44-/m1/s1. The van der Waals surface area contributed by atoms with Crippen LogP contribution in [-0.2, 0) is 28.7 Å². The molecular formula is C44H66N2O9S. The number of terminal acetylenes is 1. The summed E-state index contributed by atoms with van der Waals surface area (Å²) < 4.78 is 10.6. The molecule has 2 amide bonds. The molecule has 5 fully saturated rings. The second-order valence-corrected chi connectivity index (χ2v) is 19.7. The summed E-state index contributed by atoms with van der Waals surface area (Å²) in [6.07, 6.45) is 12.1. The van der Waals surface area contributed by atoms with Gasteiger partial charge in [0.05, 0.1) is 30.6 Å². The van der Waals surface area contributed by atoms with Crippen molar-refractivity contribution in [3.05, 3.63) is 11.3 Å². The maximum Gasteiger partial charge on any atom is 0.306 e. The van der Waals surface area contributed by atoms with E-state index < -0.39 is 30.1 Å². The van der Waals surface area contributed by atoms with Gasteiger partial charge in [-0.25, -0.2) is 0 Å². The maximum absolute atomic E-state index is 13.7. The van der Waals surface area contributed by atoms with Gasteiger partial charge in [0.25, 0.3) is 5.91 Å². The number of rotatable bonds is 16. The molecule has 312 valence electrons. The predicted octanol–water partition coefficient (Wildman–Crippen LogP) is 5.00. The molecule has 11 nitrogen and oxygen atoms in total. The average Bonchev–Trinajstić information content (AvgIpc) is 3.52. The minimum atomic E-state index is -0.727. The number of ether oxygens (including phenoxy) is 2. The molecular weight excluding hydrogens is 733 g/mol. The zero-order valence-electron chi connectivity index (χ0n) is 34.2. The highest BCUT2D eigenvalue weighted by Gasteiger charge is 2.65. The first-order valence-electron chi connectivity index (χ1n) is 21.3. The number of ketones is 1. The smallest absolute Gasteiger partial charge is 0.306 e. The van der Waals surface area contributed by atoms with E-state index in [1.165, 1.54) is 16.7 Å². The summed E-state index contributed by atoms with van der Waals surface area (Å²) in [5.41, 5.74) is 0.788. The molecule has 12 heteroatoms. The van der Waals surface area contributed by atoms with Crippen LogP contribution >= 0.6 is 11.8 Å². The van der Waals surface area contributed by atoms with E-state index in [1.807, 2.05) is 13.8 Å². The number of aliphatic hydroxyl groups excluding tert-OH is 3. The lowest BCUT2D eigenvalue weighted by Gasteiger charge is -2.63. The van der Waals surface area contributed by atoms with Crippen LogP contribution in [0.2, 0.25) is 0 Å². The second kappa shape index (κ2) is 17.8. The highest BCUT2D eigenvalue weighted by molar-refractivity contribution is 8.00. The van der Waals surface area contributed by atoms with E-state index in [9.17, 15) is 34.5 Å². The summed E-state index contributed by atoms with van der Waals surface area (Å²) >= 11 is 1.52. The molecule has 2 aliphatic heterocycles. The van der Waals surface area contributed by atoms with Crippen LogP contribution in [0.25, 0.3) is 0 Å². The van der Waals surface area contributed by atoms with E-state index in [0.29, 0.717) is 37.5 Å². The van der Waals surface area contributed by atoms with Crippen LogP contribution in [-0.4, -0.2) is 99.1 Å². The molecule has 0 bridgehead atoms. The first-order valence-corrected chi connectivity index (χ1v) is 22.4. The third-order valence-corrected chi connectivity index (χ3v) is 16.7. The summed E-state index contributed by atoms with van der Waals surface area (Å²) in [6.45, 7) is 11.6. The molecule has 14 atom stereocenters. The average molecular weight is 799 g/mol. The molecule has 6 aliphatic rings. The fraction of sp³-hybridized carbons (Fsp3) is 0.818. The zero-order valence-corrected chi connectivity index (χ0v) is 35.0. The van der Waals surface area contributed by atoms with Gasteiger partial charge in [-0.2, -0.15) is 0 Å². The Hall–Kier alpha value is -2.43. The molecule has 4 N–H and O–H groups in total. The molecule has 0 spiro atoms. The number of hydrogen-bond acceptors (Lipinski definition) is 10. The Balaban J connectivity index is 1.01. The Kier molecular flexibility index (Phi) is 13.7. The number of aliphatic hydroxyl groups is 3. The van der Waals surface area contributed by atoms with Crippen molar-refractivity contribution in [2.45, 2.75) is 148 Å². The van der Waals surface area contributed by atoms with Crippen molar-refractivity contribution >= 4 is 35.3 Å². The van der Waals surface area contributed by atoms with Crippen molar-refractivity contribution in [1.82, 2.24) is 10.2 Å². The number of carbonyl (C=O) groups is 4. The van der Waals surface area contributed by atoms with Gasteiger partial charge in [-0.05, 0) is 123 Å². The van der Waals surface area contributed by atoms with Gasteiger partial charge >= 0.3 is 5.97 Å². The van der Waals surface area contributed by atoms with Crippen molar-refractivity contribution in [3.8, 4) is 12.3 Å². The zero-order chi connectivity index (χ0) is 40.5. The third-order valence-electron chi connectivity index (χ3n) is 15.3. The van der Waals surface area contributed by atoms with Crippen molar-refractivity contribution in [2.75, 3.05) is 25.6 Å². The van der Waals surface area contributed by atoms with E-state index in [2.05, 4.69) is 32.0 Å². The molecule has 6 rings (SSSR count). The van der Waals surface area contributed by atoms with E-state index in [4.69, 9.17) is 15.9 Å². The van der Waals surface area contributed by atoms with Gasteiger partial charge in [0, 0.05) is 38.0 Å². The number of fused-ring (bicyclic) bond motifs is 6. The largest absolute Gasteiger partial charge is 0.463 e. The Morgan fingerprint density at radius 3 is 2.55 bits per heavy atom. The van der Waals surface area contributed by atoms with E-state index >= 15 is 0 Å². The fourth-order valence-electron chi connectivity index (χ4n) is 12.3. The molecule has 4 saturated carbocycles. The Labute approximate surface area is 337 Å². The Bertz CT molecular complexity index is 1560. The number of amides is 2. The highest BCUT2D eigenvalue weighted by Crippen LogP contribution is 2.68. The molecule has 1 saturated heterocycles. The topological polar surface area (TPSA) is 163 Å². The highest BCUT2D eigenvalue weighted by atomic mass is 32.2. The molecule has 56 heavy (non-hydrogen) atoms. The predicted molar refractivity (Wildman–Crippen MR) is 213 cm³/mol. The number of nitrogens with zero attached hydrogens (tertiary/aromatic N) is 1. The first-order chi connectivity index (χ1) is 26.6. The van der Waals surface area contributed by atoms with Crippen LogP contribution in [0.3, 0.4) is 0 Å². The molecule has 2 heterocycles. The number of β-lactam (4-membered cyclic amide) rings is 1. The van der Waals surface area contributed by atoms with Gasteiger partial charge in [-0.15, -0.1) is 24.1 Å². The van der Waals surface area contributed by atoms with E-state index in [-0.39, 0.29) is 108 Å². The summed E-state index contributed by atoms with van der Waals surface area (Å²) in [4.78, 5) is 54.7. The second-order valence-electron chi connectivity index (χ2n) is 18.6. The van der Waals surface area contributed by atoms with Crippen molar-refractivity contribution in [3.63, 3.8) is 0 Å². The lowest BCUT2D eigenvalue weighted by atomic mass is 9.43. The van der Waals surface area contributed by atoms with Crippen LogP contribution in [0.4, 0.5) is 0 Å². The third kappa shape index (κ3) is 8.23. The van der Waals surface area contributed by atoms with Gasteiger partial charge in [0.15, 0.2) is 5.78 Å². The van der Waals surface area contributed by atoms with Crippen molar-refractivity contribution in [1.29, 1.82) is 0 Å². The fourth-order valence-corrected chi connectivity index (χ4v) is 13.6. The summed E-state index contributed by atoms with van der Waals surface area (Å²) in [5, 5.41) is 36.6. The van der Waals surface area contributed by atoms with Crippen LogP contribution in [0, 0.1) is 64.6 Å². The number of esters is 1. The van der Waals surface area contributed by atoms with Crippen LogP contribution < -0.4 is 5.32 Å². The Morgan fingerprint density at radius 1 is 1.05 bits per heavy atom. The SMILES string of the molecule is C#CCC(CC(=O)OCCOCCC)CC(=O)C1=C(C)CSC2C(NC(=O)CC[C@@H](C)[C@H]3CC[C@H]4[C@@H]5[C@H](O)C[C@@H]6C[C@H](O)CC[C@]6(C)[C@H]5C[C@H](O)[C@]34C)C(=O)N12. The van der Waals surface area contributed by atoms with E-state index in [0.717, 1.165) is 50.5 Å². The number of nitrogens with one attached hydrogen (secondary N) is 1. The number of Topliss-reactive ketones (excluding diaryl/α,β-unsaturated/α-hetero) is 1. The van der Waals surface area contributed by atoms with Crippen LogP contribution in [0.1, 0.15) is 118 Å². The normalized spacial score (nSPS) is 38.6. The number of thioether (sulfide) groups is 1. The molecule has 0 aromatic heterocycles. The first kappa shape index (κ1) is 43.2. The number of hydrogen-bond donors (Lipinski definition) is 4. The lowest BCUT2D eigenvalue weighted by molar-refractivity contribution is -0.207. The summed E-state index contributed by atoms with van der Waals surface area (Å²) in [5.74, 6) is 2.69. The van der Waals surface area contributed by atoms with Crippen molar-refractivity contribution in [2.24, 2.45) is 52.3 Å². The number of allylic oxidation sites excluding steroid dienone is 1. The van der Waals surface area contributed by atoms with Crippen molar-refractivity contribution < 1.29 is 44.0 Å². The molecule has 3 unspecified atom stereocenters. The molecule has 0 aromatic rings. The minimum absolute atomic E-state index is 0.00636. The van der Waals surface area contributed by atoms with Gasteiger partial charge in [0.2, 0.25) is 5.91 Å². The lowest BCUT2D eigenvalue weighted by Crippen LogP contribution is -2.70. The quantitative estimate of drug-likeness (QED) is 0.0724. The summed E-state index contributed by atoms with van der Waals surface area (Å²) in [7, 11) is 0. The van der Waals surface area contributed by atoms with Gasteiger partial charge in [-0.1, -0.05) is 27.7 Å². The monoisotopic (exact) mass is 798 g/mol. The summed E-state index contributed by atoms with van der Waals surface area (Å²) in [6, 6.07) is -0.727. The van der Waals surface area contributed by atoms with Gasteiger partial charge in [-0.3, -0.25) is 24.1 Å². The van der Waals surface area contributed by atoms with Gasteiger partial charge < -0.3 is 30.1 Å². The van der Waals surface area contributed by atoms with E-state index in [1.54, 1.807) is 0 Å². The van der Waals surface area contributed by atoms with Gasteiger partial charge in [0.1, 0.15) is 18.0 Å². The minimum Gasteiger partial charge on any atom is -0.463 e. The molecule has 4 aliphatic carbocycles. The van der Waals surface area contributed by atoms with Crippen LogP contribution in [0.15, 0.2) is 11.3 Å².